The molecule has 0 unspecified atom stereocenters. The first-order chi connectivity index (χ1) is 29.1. The fraction of sp³-hybridized carbons (Fsp3) is 1.00. The quantitative estimate of drug-likeness (QED) is 0.0341. The summed E-state index contributed by atoms with van der Waals surface area (Å²) in [6, 6.07) is 0. The first kappa shape index (κ1) is 66.4. The maximum Gasteiger partial charge on any atom is 2.00 e. The molecule has 0 spiro atoms. The summed E-state index contributed by atoms with van der Waals surface area (Å²) in [5, 5.41) is 0. The zero-order valence-corrected chi connectivity index (χ0v) is 45.2. The van der Waals surface area contributed by atoms with Gasteiger partial charge >= 0.3 is 37.7 Å². The van der Waals surface area contributed by atoms with Crippen molar-refractivity contribution in [1.29, 1.82) is 0 Å². The summed E-state index contributed by atoms with van der Waals surface area (Å²) in [5.74, 6) is -0.376. The summed E-state index contributed by atoms with van der Waals surface area (Å²) in [6.45, 7) is 4.57. The van der Waals surface area contributed by atoms with Crippen LogP contribution >= 0.6 is 0 Å². The fourth-order valence-corrected chi connectivity index (χ4v) is 9.60. The third-order valence-corrected chi connectivity index (χ3v) is 14.1. The van der Waals surface area contributed by atoms with Gasteiger partial charge in [-0.25, -0.2) is 16.8 Å². The first-order valence-electron chi connectivity index (χ1n) is 27.0. The summed E-state index contributed by atoms with van der Waals surface area (Å²) < 4.78 is 63.0. The van der Waals surface area contributed by atoms with Crippen molar-refractivity contribution in [1.82, 2.24) is 0 Å². The normalized spacial score (nSPS) is 11.7. The van der Waals surface area contributed by atoms with Gasteiger partial charge in [-0.05, 0) is 12.8 Å². The summed E-state index contributed by atoms with van der Waals surface area (Å²) in [4.78, 5) is 0. The molecule has 0 N–H and O–H groups in total. The molecule has 0 fully saturated rings. The fourth-order valence-electron chi connectivity index (χ4n) is 8.48. The summed E-state index contributed by atoms with van der Waals surface area (Å²) in [6.07, 6.45) is 63.6. The third-order valence-electron chi connectivity index (χ3n) is 12.5. The van der Waals surface area contributed by atoms with Gasteiger partial charge in [-0.3, -0.25) is 0 Å². The summed E-state index contributed by atoms with van der Waals surface area (Å²) >= 11 is 0. The molecule has 0 radical (unpaired) electrons. The van der Waals surface area contributed by atoms with Crippen LogP contribution in [0.25, 0.3) is 0 Å². The van der Waals surface area contributed by atoms with Gasteiger partial charge in [0.25, 0.3) is 0 Å². The number of hydrogen-bond donors (Lipinski definition) is 0. The Bertz CT molecular complexity index is 927. The Hall–Kier alpha value is 1.08. The molecule has 0 heterocycles. The zero-order valence-electron chi connectivity index (χ0n) is 41.3. The van der Waals surface area contributed by atoms with Crippen LogP contribution in [0.4, 0.5) is 0 Å². The van der Waals surface area contributed by atoms with Crippen molar-refractivity contribution in [2.24, 2.45) is 0 Å². The van der Waals surface area contributed by atoms with Crippen LogP contribution in [-0.4, -0.2) is 75.2 Å². The van der Waals surface area contributed by atoms with Crippen molar-refractivity contribution in [2.45, 2.75) is 322 Å². The standard InChI is InChI=1S/2C26H54O3S.Ca/c2*1-2-3-4-5-6-7-8-9-10-11-12-13-14-15-16-17-18-19-20-21-22-23-24-25-26-30(27,28)29;/h2*2-26H2,1H3,(H,27,28,29);/q;;+2/p-2. The van der Waals surface area contributed by atoms with Crippen LogP contribution in [0.5, 0.6) is 0 Å². The molecule has 0 rings (SSSR count). The van der Waals surface area contributed by atoms with Crippen molar-refractivity contribution in [3.8, 4) is 0 Å². The molecular weight excluding hydrogens is 825 g/mol. The maximum absolute atomic E-state index is 10.5. The zero-order chi connectivity index (χ0) is 44.4. The van der Waals surface area contributed by atoms with E-state index < -0.39 is 20.2 Å². The van der Waals surface area contributed by atoms with Crippen LogP contribution < -0.4 is 0 Å². The van der Waals surface area contributed by atoms with E-state index in [0.29, 0.717) is 12.8 Å². The van der Waals surface area contributed by atoms with Crippen molar-refractivity contribution >= 4 is 58.0 Å². The van der Waals surface area contributed by atoms with Gasteiger partial charge in [0.15, 0.2) is 0 Å². The van der Waals surface area contributed by atoms with Gasteiger partial charge in [-0.2, -0.15) is 0 Å². The van der Waals surface area contributed by atoms with E-state index in [1.54, 1.807) is 0 Å². The molecule has 0 saturated heterocycles. The Morgan fingerprint density at radius 2 is 0.311 bits per heavy atom. The summed E-state index contributed by atoms with van der Waals surface area (Å²) in [5.41, 5.74) is 0. The van der Waals surface area contributed by atoms with Gasteiger partial charge in [0.1, 0.15) is 0 Å². The van der Waals surface area contributed by atoms with Crippen LogP contribution in [0.15, 0.2) is 0 Å². The maximum atomic E-state index is 10.5. The van der Waals surface area contributed by atoms with Gasteiger partial charge < -0.3 is 9.11 Å². The minimum Gasteiger partial charge on any atom is -0.748 e. The van der Waals surface area contributed by atoms with Gasteiger partial charge in [-0.1, -0.05) is 309 Å². The van der Waals surface area contributed by atoms with Gasteiger partial charge in [0.05, 0.1) is 20.2 Å². The Morgan fingerprint density at radius 3 is 0.410 bits per heavy atom. The van der Waals surface area contributed by atoms with E-state index in [1.807, 2.05) is 0 Å². The third kappa shape index (κ3) is 70.3. The van der Waals surface area contributed by atoms with E-state index in [-0.39, 0.29) is 49.2 Å². The molecule has 0 aromatic carbocycles. The largest absolute Gasteiger partial charge is 2.00 e. The Balaban J connectivity index is -0.00000109. The molecule has 0 atom stereocenters. The molecule has 0 bridgehead atoms. The van der Waals surface area contributed by atoms with E-state index >= 15 is 0 Å². The molecule has 0 aromatic heterocycles. The molecule has 9 heteroatoms. The predicted octanol–water partition coefficient (Wildman–Crippen LogP) is 17.4. The number of rotatable bonds is 50. The first-order valence-corrected chi connectivity index (χ1v) is 30.1. The predicted molar refractivity (Wildman–Crippen MR) is 268 cm³/mol. The molecule has 0 aliphatic rings. The van der Waals surface area contributed by atoms with Crippen LogP contribution in [0.3, 0.4) is 0 Å². The molecule has 0 aliphatic carbocycles. The van der Waals surface area contributed by atoms with Gasteiger partial charge in [0.2, 0.25) is 0 Å². The second-order valence-electron chi connectivity index (χ2n) is 18.8. The summed E-state index contributed by atoms with van der Waals surface area (Å²) in [7, 11) is -8.00. The molecular formula is C52H106CaO6S2. The van der Waals surface area contributed by atoms with Crippen molar-refractivity contribution in [3.63, 3.8) is 0 Å². The molecule has 364 valence electrons. The van der Waals surface area contributed by atoms with Crippen LogP contribution in [0.1, 0.15) is 322 Å². The van der Waals surface area contributed by atoms with E-state index in [2.05, 4.69) is 13.8 Å². The van der Waals surface area contributed by atoms with Crippen LogP contribution in [0.2, 0.25) is 0 Å². The van der Waals surface area contributed by atoms with E-state index in [4.69, 9.17) is 0 Å². The minimum absolute atomic E-state index is 0. The smallest absolute Gasteiger partial charge is 0.748 e. The van der Waals surface area contributed by atoms with Crippen molar-refractivity contribution < 1.29 is 25.9 Å². The average Bonchev–Trinajstić information content (AvgIpc) is 3.20. The Kier molecular flexibility index (Phi) is 60.3. The van der Waals surface area contributed by atoms with Gasteiger partial charge in [-0.15, -0.1) is 0 Å². The molecule has 6 nitrogen and oxygen atoms in total. The van der Waals surface area contributed by atoms with E-state index in [0.717, 1.165) is 25.7 Å². The minimum atomic E-state index is -4.00. The molecule has 0 amide bonds. The Morgan fingerprint density at radius 1 is 0.213 bits per heavy atom. The van der Waals surface area contributed by atoms with E-state index in [9.17, 15) is 25.9 Å². The van der Waals surface area contributed by atoms with Gasteiger partial charge in [0, 0.05) is 11.5 Å². The molecule has 0 aromatic rings. The number of hydrogen-bond acceptors (Lipinski definition) is 6. The SMILES string of the molecule is CCCCCCCCCCCCCCCCCCCCCCCCCCS(=O)(=O)[O-].CCCCCCCCCCCCCCCCCCCCCCCCCCS(=O)(=O)[O-].[Ca+2]. The topological polar surface area (TPSA) is 114 Å². The van der Waals surface area contributed by atoms with Crippen molar-refractivity contribution in [2.75, 3.05) is 11.5 Å². The Labute approximate surface area is 414 Å². The van der Waals surface area contributed by atoms with Crippen molar-refractivity contribution in [3.05, 3.63) is 0 Å². The second kappa shape index (κ2) is 55.4. The monoisotopic (exact) mass is 931 g/mol. The molecule has 61 heavy (non-hydrogen) atoms. The molecule has 0 saturated carbocycles. The molecule has 0 aliphatic heterocycles. The second-order valence-corrected chi connectivity index (χ2v) is 21.8. The van der Waals surface area contributed by atoms with Crippen LogP contribution in [0, 0.1) is 0 Å². The van der Waals surface area contributed by atoms with Crippen LogP contribution in [-0.2, 0) is 20.2 Å². The average molecular weight is 932 g/mol. The number of unbranched alkanes of at least 4 members (excludes halogenated alkanes) is 46. The van der Waals surface area contributed by atoms with E-state index in [1.165, 1.54) is 270 Å².